The molecule has 1 fully saturated rings. The van der Waals surface area contributed by atoms with E-state index in [1.165, 1.54) is 32.5 Å². The van der Waals surface area contributed by atoms with Crippen molar-refractivity contribution in [2.45, 2.75) is 19.3 Å². The first kappa shape index (κ1) is 18.4. The summed E-state index contributed by atoms with van der Waals surface area (Å²) in [6.07, 6.45) is 3.84. The minimum absolute atomic E-state index is 0.805. The van der Waals surface area contributed by atoms with Crippen LogP contribution in [0.1, 0.15) is 19.3 Å². The second-order valence-electron chi connectivity index (χ2n) is 4.79. The van der Waals surface area contributed by atoms with Crippen LogP contribution >= 0.6 is 15.9 Å². The lowest BCUT2D eigenvalue weighted by atomic mass is 10.3. The monoisotopic (exact) mass is 373 g/mol. The predicted octanol–water partition coefficient (Wildman–Crippen LogP) is 2.47. The number of ether oxygens (including phenoxy) is 1. The minimum Gasteiger partial charge on any atom is -0.492 e. The summed E-state index contributed by atoms with van der Waals surface area (Å²) in [7, 11) is 0. The maximum absolute atomic E-state index is 9.10. The average molecular weight is 374 g/mol. The van der Waals surface area contributed by atoms with E-state index in [2.05, 4.69) is 20.8 Å². The Morgan fingerprint density at radius 2 is 1.73 bits per heavy atom. The van der Waals surface area contributed by atoms with Crippen LogP contribution in [0.15, 0.2) is 28.7 Å². The largest absolute Gasteiger partial charge is 0.492 e. The zero-order chi connectivity index (χ0) is 16.4. The Labute approximate surface area is 137 Å². The van der Waals surface area contributed by atoms with Gasteiger partial charge >= 0.3 is 11.9 Å². The maximum Gasteiger partial charge on any atom is 0.414 e. The van der Waals surface area contributed by atoms with Crippen LogP contribution < -0.4 is 4.74 Å². The van der Waals surface area contributed by atoms with Gasteiger partial charge in [0.05, 0.1) is 11.1 Å². The van der Waals surface area contributed by atoms with Gasteiger partial charge in [0.1, 0.15) is 5.75 Å². The van der Waals surface area contributed by atoms with Crippen LogP contribution in [0.5, 0.6) is 5.75 Å². The Morgan fingerprint density at radius 1 is 1.14 bits per heavy atom. The molecule has 0 amide bonds. The zero-order valence-electron chi connectivity index (χ0n) is 12.2. The second-order valence-corrected chi connectivity index (χ2v) is 5.65. The highest BCUT2D eigenvalue weighted by molar-refractivity contribution is 9.10. The molecular formula is C15H20BrNO5. The Morgan fingerprint density at radius 3 is 2.27 bits per heavy atom. The molecule has 0 radical (unpaired) electrons. The summed E-state index contributed by atoms with van der Waals surface area (Å²) in [6, 6.07) is 8.01. The van der Waals surface area contributed by atoms with Gasteiger partial charge in [-0.25, -0.2) is 9.59 Å². The number of nitrogens with zero attached hydrogens (tertiary/aromatic N) is 1. The fraction of sp³-hybridized carbons (Fsp3) is 0.467. The number of rotatable bonds is 5. The number of carboxylic acids is 2. The maximum atomic E-state index is 9.10. The Balaban J connectivity index is 0.000000346. The van der Waals surface area contributed by atoms with Gasteiger partial charge in [-0.1, -0.05) is 12.1 Å². The van der Waals surface area contributed by atoms with Crippen LogP contribution in [0.25, 0.3) is 0 Å². The van der Waals surface area contributed by atoms with Gasteiger partial charge in [-0.15, -0.1) is 0 Å². The average Bonchev–Trinajstić information content (AvgIpc) is 2.99. The van der Waals surface area contributed by atoms with Crippen molar-refractivity contribution in [3.05, 3.63) is 28.7 Å². The quantitative estimate of drug-likeness (QED) is 0.608. The van der Waals surface area contributed by atoms with Crippen molar-refractivity contribution in [2.75, 3.05) is 26.2 Å². The molecule has 0 bridgehead atoms. The summed E-state index contributed by atoms with van der Waals surface area (Å²) in [5.74, 6) is -2.70. The molecule has 1 aromatic rings. The van der Waals surface area contributed by atoms with E-state index in [-0.39, 0.29) is 0 Å². The summed E-state index contributed by atoms with van der Waals surface area (Å²) in [4.78, 5) is 20.7. The normalized spacial score (nSPS) is 14.0. The number of halogens is 1. The predicted molar refractivity (Wildman–Crippen MR) is 85.2 cm³/mol. The molecule has 122 valence electrons. The number of hydrogen-bond donors (Lipinski definition) is 2. The third kappa shape index (κ3) is 7.42. The van der Waals surface area contributed by atoms with Crippen LogP contribution in [0.4, 0.5) is 0 Å². The SMILES string of the molecule is Brc1ccccc1OCCCN1CCCC1.O=C(O)C(=O)O. The molecule has 0 aromatic heterocycles. The van der Waals surface area contributed by atoms with Gasteiger partial charge in [0.25, 0.3) is 0 Å². The molecule has 6 nitrogen and oxygen atoms in total. The zero-order valence-corrected chi connectivity index (χ0v) is 13.8. The minimum atomic E-state index is -1.82. The molecule has 1 saturated heterocycles. The number of benzene rings is 1. The fourth-order valence-corrected chi connectivity index (χ4v) is 2.44. The second kappa shape index (κ2) is 10.2. The summed E-state index contributed by atoms with van der Waals surface area (Å²) in [5.41, 5.74) is 0. The number of aliphatic carboxylic acids is 2. The molecule has 0 saturated carbocycles. The number of likely N-dealkylation sites (tertiary alicyclic amines) is 1. The highest BCUT2D eigenvalue weighted by atomic mass is 79.9. The number of carboxylic acid groups (broad SMARTS) is 2. The van der Waals surface area contributed by atoms with E-state index >= 15 is 0 Å². The number of hydrogen-bond acceptors (Lipinski definition) is 4. The molecule has 0 unspecified atom stereocenters. The third-order valence-electron chi connectivity index (χ3n) is 3.09. The Bertz CT molecular complexity index is 477. The van der Waals surface area contributed by atoms with Crippen LogP contribution in [-0.4, -0.2) is 53.3 Å². The van der Waals surface area contributed by atoms with E-state index in [4.69, 9.17) is 24.5 Å². The van der Waals surface area contributed by atoms with Crippen molar-refractivity contribution in [1.29, 1.82) is 0 Å². The third-order valence-corrected chi connectivity index (χ3v) is 3.75. The van der Waals surface area contributed by atoms with Crippen LogP contribution in [0.2, 0.25) is 0 Å². The van der Waals surface area contributed by atoms with Crippen LogP contribution in [0.3, 0.4) is 0 Å². The summed E-state index contributed by atoms with van der Waals surface area (Å²) in [5, 5.41) is 14.8. The molecule has 1 aliphatic heterocycles. The molecular weight excluding hydrogens is 354 g/mol. The van der Waals surface area contributed by atoms with Gasteiger partial charge < -0.3 is 19.8 Å². The van der Waals surface area contributed by atoms with Gasteiger partial charge in [-0.05, 0) is 60.4 Å². The molecule has 2 rings (SSSR count). The lowest BCUT2D eigenvalue weighted by Gasteiger charge is -2.14. The number of para-hydroxylation sites is 1. The van der Waals surface area contributed by atoms with Gasteiger partial charge in [0.15, 0.2) is 0 Å². The molecule has 7 heteroatoms. The van der Waals surface area contributed by atoms with Crippen LogP contribution in [0, 0.1) is 0 Å². The van der Waals surface area contributed by atoms with Gasteiger partial charge in [-0.3, -0.25) is 0 Å². The summed E-state index contributed by atoms with van der Waals surface area (Å²) in [6.45, 7) is 4.52. The lowest BCUT2D eigenvalue weighted by Crippen LogP contribution is -2.21. The van der Waals surface area contributed by atoms with E-state index < -0.39 is 11.9 Å². The van der Waals surface area contributed by atoms with E-state index in [9.17, 15) is 0 Å². The molecule has 1 aliphatic rings. The summed E-state index contributed by atoms with van der Waals surface area (Å²) < 4.78 is 6.76. The smallest absolute Gasteiger partial charge is 0.414 e. The van der Waals surface area contributed by atoms with Crippen LogP contribution in [-0.2, 0) is 9.59 Å². The van der Waals surface area contributed by atoms with Crippen molar-refractivity contribution in [1.82, 2.24) is 4.90 Å². The van der Waals surface area contributed by atoms with Crippen molar-refractivity contribution in [2.24, 2.45) is 0 Å². The molecule has 1 aromatic carbocycles. The van der Waals surface area contributed by atoms with Gasteiger partial charge in [0.2, 0.25) is 0 Å². The van der Waals surface area contributed by atoms with Crippen molar-refractivity contribution in [3.8, 4) is 5.75 Å². The van der Waals surface area contributed by atoms with E-state index in [1.54, 1.807) is 0 Å². The Hall–Kier alpha value is -1.60. The van der Waals surface area contributed by atoms with Crippen molar-refractivity contribution >= 4 is 27.9 Å². The van der Waals surface area contributed by atoms with Gasteiger partial charge in [0, 0.05) is 6.54 Å². The molecule has 0 aliphatic carbocycles. The first-order valence-electron chi connectivity index (χ1n) is 7.06. The molecule has 0 atom stereocenters. The molecule has 0 spiro atoms. The highest BCUT2D eigenvalue weighted by Crippen LogP contribution is 2.23. The lowest BCUT2D eigenvalue weighted by molar-refractivity contribution is -0.159. The van der Waals surface area contributed by atoms with E-state index in [0.717, 1.165) is 23.2 Å². The fourth-order valence-electron chi connectivity index (χ4n) is 2.04. The molecule has 2 N–H and O–H groups in total. The van der Waals surface area contributed by atoms with E-state index in [1.807, 2.05) is 24.3 Å². The molecule has 22 heavy (non-hydrogen) atoms. The first-order chi connectivity index (χ1) is 10.5. The van der Waals surface area contributed by atoms with Crippen molar-refractivity contribution in [3.63, 3.8) is 0 Å². The highest BCUT2D eigenvalue weighted by Gasteiger charge is 2.10. The summed E-state index contributed by atoms with van der Waals surface area (Å²) >= 11 is 3.48. The number of carbonyl (C=O) groups is 2. The standard InChI is InChI=1S/C13H18BrNO.C2H2O4/c14-12-6-1-2-7-13(12)16-11-5-10-15-8-3-4-9-15;3-1(4)2(5)6/h1-2,6-7H,3-5,8-11H2;(H,3,4)(H,5,6). The first-order valence-corrected chi connectivity index (χ1v) is 7.86. The van der Waals surface area contributed by atoms with E-state index in [0.29, 0.717) is 0 Å². The van der Waals surface area contributed by atoms with Gasteiger partial charge in [-0.2, -0.15) is 0 Å². The Kier molecular flexibility index (Phi) is 8.54. The topological polar surface area (TPSA) is 87.1 Å². The van der Waals surface area contributed by atoms with Crippen molar-refractivity contribution < 1.29 is 24.5 Å². The molecule has 1 heterocycles.